The van der Waals surface area contributed by atoms with Gasteiger partial charge < -0.3 is 10.6 Å². The molecule has 1 aromatic heterocycles. The van der Waals surface area contributed by atoms with Crippen molar-refractivity contribution in [2.24, 2.45) is 4.99 Å². The lowest BCUT2D eigenvalue weighted by molar-refractivity contribution is 0.507. The molecule has 1 aromatic carbocycles. The van der Waals surface area contributed by atoms with Crippen LogP contribution in [0.1, 0.15) is 29.3 Å². The molecule has 4 nitrogen and oxygen atoms in total. The van der Waals surface area contributed by atoms with E-state index < -0.39 is 0 Å². The highest BCUT2D eigenvalue weighted by Crippen LogP contribution is 2.29. The van der Waals surface area contributed by atoms with Crippen LogP contribution < -0.4 is 10.6 Å². The lowest BCUT2D eigenvalue weighted by Crippen LogP contribution is -2.44. The number of halogens is 2. The Balaban J connectivity index is 1.88. The molecule has 0 aliphatic carbocycles. The van der Waals surface area contributed by atoms with E-state index in [4.69, 9.17) is 11.6 Å². The number of rotatable bonds is 6. The highest BCUT2D eigenvalue weighted by molar-refractivity contribution is 7.11. The second-order valence-electron chi connectivity index (χ2n) is 6.48. The molecule has 0 fully saturated rings. The van der Waals surface area contributed by atoms with Crippen molar-refractivity contribution in [1.29, 1.82) is 0 Å². The zero-order valence-corrected chi connectivity index (χ0v) is 16.6. The molecule has 0 aliphatic rings. The highest BCUT2D eigenvalue weighted by Gasteiger charge is 2.24. The van der Waals surface area contributed by atoms with E-state index in [1.54, 1.807) is 24.5 Å². The third-order valence-electron chi connectivity index (χ3n) is 3.88. The minimum Gasteiger partial charge on any atom is -0.356 e. The van der Waals surface area contributed by atoms with Crippen LogP contribution in [0, 0.1) is 12.7 Å². The zero-order chi connectivity index (χ0) is 18.4. The van der Waals surface area contributed by atoms with Gasteiger partial charge in [0.2, 0.25) is 0 Å². The average molecular weight is 383 g/mol. The van der Waals surface area contributed by atoms with Gasteiger partial charge in [0, 0.05) is 48.1 Å². The van der Waals surface area contributed by atoms with Crippen LogP contribution in [0.25, 0.3) is 0 Å². The first-order chi connectivity index (χ1) is 11.8. The fourth-order valence-electron chi connectivity index (χ4n) is 2.46. The molecule has 0 unspecified atom stereocenters. The van der Waals surface area contributed by atoms with Crippen LogP contribution in [0.3, 0.4) is 0 Å². The van der Waals surface area contributed by atoms with E-state index >= 15 is 0 Å². The molecule has 25 heavy (non-hydrogen) atoms. The van der Waals surface area contributed by atoms with Crippen molar-refractivity contribution >= 4 is 28.9 Å². The maximum absolute atomic E-state index is 13.3. The molecule has 136 valence electrons. The summed E-state index contributed by atoms with van der Waals surface area (Å²) >= 11 is 7.91. The molecule has 0 amide bonds. The van der Waals surface area contributed by atoms with Crippen molar-refractivity contribution in [2.45, 2.75) is 32.6 Å². The van der Waals surface area contributed by atoms with E-state index in [0.717, 1.165) is 29.5 Å². The first kappa shape index (κ1) is 19.7. The molecule has 7 heteroatoms. The Kier molecular flexibility index (Phi) is 6.79. The molecule has 1 heterocycles. The number of thiazole rings is 1. The quantitative estimate of drug-likeness (QED) is 0.588. The molecule has 0 bridgehead atoms. The van der Waals surface area contributed by atoms with Gasteiger partial charge in [-0.25, -0.2) is 9.37 Å². The summed E-state index contributed by atoms with van der Waals surface area (Å²) in [5, 5.41) is 8.15. The number of guanidine groups is 1. The second kappa shape index (κ2) is 8.63. The Morgan fingerprint density at radius 2 is 2.12 bits per heavy atom. The summed E-state index contributed by atoms with van der Waals surface area (Å²) in [5.41, 5.74) is 0.631. The van der Waals surface area contributed by atoms with Gasteiger partial charge in [0.15, 0.2) is 5.96 Å². The van der Waals surface area contributed by atoms with Crippen molar-refractivity contribution in [3.05, 3.63) is 50.7 Å². The SMILES string of the molecule is CN=C(NCCc1ncc(C)s1)NCC(C)(C)c1ccc(F)cc1Cl. The number of aryl methyl sites for hydroxylation is 1. The van der Waals surface area contributed by atoms with E-state index in [2.05, 4.69) is 41.4 Å². The van der Waals surface area contributed by atoms with Gasteiger partial charge in [-0.15, -0.1) is 11.3 Å². The van der Waals surface area contributed by atoms with Gasteiger partial charge in [-0.2, -0.15) is 0 Å². The number of benzene rings is 1. The molecule has 0 radical (unpaired) electrons. The van der Waals surface area contributed by atoms with Gasteiger partial charge in [-0.1, -0.05) is 31.5 Å². The normalized spacial score (nSPS) is 12.3. The van der Waals surface area contributed by atoms with Crippen LogP contribution in [-0.2, 0) is 11.8 Å². The molecule has 0 spiro atoms. The first-order valence-corrected chi connectivity index (χ1v) is 9.32. The average Bonchev–Trinajstić information content (AvgIpc) is 2.95. The van der Waals surface area contributed by atoms with E-state index in [1.165, 1.54) is 17.0 Å². The topological polar surface area (TPSA) is 49.3 Å². The summed E-state index contributed by atoms with van der Waals surface area (Å²) in [6.07, 6.45) is 2.74. The Bertz CT molecular complexity index is 742. The van der Waals surface area contributed by atoms with Crippen LogP contribution in [0.2, 0.25) is 5.02 Å². The van der Waals surface area contributed by atoms with Gasteiger partial charge in [0.1, 0.15) is 5.82 Å². The number of hydrogen-bond donors (Lipinski definition) is 2. The molecule has 0 saturated heterocycles. The van der Waals surface area contributed by atoms with E-state index in [9.17, 15) is 4.39 Å². The fourth-order valence-corrected chi connectivity index (χ4v) is 3.67. The smallest absolute Gasteiger partial charge is 0.191 e. The largest absolute Gasteiger partial charge is 0.356 e. The molecular formula is C18H24ClFN4S. The highest BCUT2D eigenvalue weighted by atomic mass is 35.5. The second-order valence-corrected chi connectivity index (χ2v) is 8.20. The molecule has 0 aliphatic heterocycles. The van der Waals surface area contributed by atoms with Crippen molar-refractivity contribution < 1.29 is 4.39 Å². The molecule has 2 aromatic rings. The van der Waals surface area contributed by atoms with Crippen molar-refractivity contribution in [1.82, 2.24) is 15.6 Å². The minimum absolute atomic E-state index is 0.269. The maximum atomic E-state index is 13.3. The maximum Gasteiger partial charge on any atom is 0.191 e. The predicted octanol–water partition coefficient (Wildman–Crippen LogP) is 3.93. The zero-order valence-electron chi connectivity index (χ0n) is 15.0. The molecule has 0 saturated carbocycles. The number of aromatic nitrogens is 1. The van der Waals surface area contributed by atoms with Crippen LogP contribution >= 0.6 is 22.9 Å². The van der Waals surface area contributed by atoms with E-state index in [-0.39, 0.29) is 11.2 Å². The Labute approximate surface area is 157 Å². The van der Waals surface area contributed by atoms with Crippen molar-refractivity contribution in [3.8, 4) is 0 Å². The third kappa shape index (κ3) is 5.68. The molecular weight excluding hydrogens is 359 g/mol. The number of nitrogens with one attached hydrogen (secondary N) is 2. The standard InChI is InChI=1S/C18H24ClFN4S/c1-12-10-23-16(25-12)7-8-22-17(21-4)24-11-18(2,3)14-6-5-13(20)9-15(14)19/h5-6,9-10H,7-8,11H2,1-4H3,(H2,21,22,24). The van der Waals surface area contributed by atoms with Gasteiger partial charge in [0.25, 0.3) is 0 Å². The Hall–Kier alpha value is -1.66. The lowest BCUT2D eigenvalue weighted by Gasteiger charge is -2.27. The van der Waals surface area contributed by atoms with Crippen LogP contribution in [-0.4, -0.2) is 31.1 Å². The summed E-state index contributed by atoms with van der Waals surface area (Å²) in [7, 11) is 1.74. The van der Waals surface area contributed by atoms with Crippen LogP contribution in [0.5, 0.6) is 0 Å². The predicted molar refractivity (Wildman–Crippen MR) is 104 cm³/mol. The Morgan fingerprint density at radius 3 is 2.72 bits per heavy atom. The molecule has 2 N–H and O–H groups in total. The number of aliphatic imine (C=N–C) groups is 1. The third-order valence-corrected chi connectivity index (χ3v) is 5.17. The summed E-state index contributed by atoms with van der Waals surface area (Å²) in [6, 6.07) is 4.52. The summed E-state index contributed by atoms with van der Waals surface area (Å²) < 4.78 is 13.3. The summed E-state index contributed by atoms with van der Waals surface area (Å²) in [5.74, 6) is 0.395. The first-order valence-electron chi connectivity index (χ1n) is 8.13. The van der Waals surface area contributed by atoms with Gasteiger partial charge >= 0.3 is 0 Å². The Morgan fingerprint density at radius 1 is 1.36 bits per heavy atom. The molecule has 2 rings (SSSR count). The van der Waals surface area contributed by atoms with Gasteiger partial charge in [-0.05, 0) is 24.6 Å². The number of hydrogen-bond acceptors (Lipinski definition) is 3. The van der Waals surface area contributed by atoms with Crippen LogP contribution in [0.15, 0.2) is 29.4 Å². The van der Waals surface area contributed by atoms with Gasteiger partial charge in [0.05, 0.1) is 5.01 Å². The van der Waals surface area contributed by atoms with Crippen LogP contribution in [0.4, 0.5) is 4.39 Å². The summed E-state index contributed by atoms with van der Waals surface area (Å²) in [4.78, 5) is 9.81. The summed E-state index contributed by atoms with van der Waals surface area (Å²) in [6.45, 7) is 7.55. The van der Waals surface area contributed by atoms with E-state index in [1.807, 2.05) is 6.20 Å². The monoisotopic (exact) mass is 382 g/mol. The van der Waals surface area contributed by atoms with Crippen molar-refractivity contribution in [2.75, 3.05) is 20.1 Å². The van der Waals surface area contributed by atoms with Crippen molar-refractivity contribution in [3.63, 3.8) is 0 Å². The fraction of sp³-hybridized carbons (Fsp3) is 0.444. The minimum atomic E-state index is -0.326. The molecule has 0 atom stereocenters. The number of nitrogens with zero attached hydrogens (tertiary/aromatic N) is 2. The van der Waals surface area contributed by atoms with E-state index in [0.29, 0.717) is 11.6 Å². The van der Waals surface area contributed by atoms with Gasteiger partial charge in [-0.3, -0.25) is 4.99 Å². The lowest BCUT2D eigenvalue weighted by atomic mass is 9.84.